The topological polar surface area (TPSA) is 15.3 Å². The highest BCUT2D eigenvalue weighted by Gasteiger charge is 2.40. The molecule has 1 N–H and O–H groups in total. The fourth-order valence-electron chi connectivity index (χ4n) is 5.50. The molecule has 21 heavy (non-hydrogen) atoms. The van der Waals surface area contributed by atoms with Gasteiger partial charge in [-0.1, -0.05) is 32.6 Å². The molecule has 0 radical (unpaired) electrons. The Morgan fingerprint density at radius 1 is 1.00 bits per heavy atom. The molecule has 3 fully saturated rings. The van der Waals surface area contributed by atoms with E-state index in [1.807, 2.05) is 0 Å². The molecular weight excluding hydrogens is 256 g/mol. The SMILES string of the molecule is CNCC1(CN2CCCC2C2CCCC2)CCC(C)CC1. The van der Waals surface area contributed by atoms with Crippen LogP contribution in [-0.2, 0) is 0 Å². The number of hydrogen-bond acceptors (Lipinski definition) is 2. The average molecular weight is 293 g/mol. The normalized spacial score (nSPS) is 39.1. The van der Waals surface area contributed by atoms with E-state index in [9.17, 15) is 0 Å². The molecule has 3 aliphatic rings. The zero-order valence-electron chi connectivity index (χ0n) is 14.4. The van der Waals surface area contributed by atoms with Crippen molar-refractivity contribution in [3.8, 4) is 0 Å². The third-order valence-corrected chi connectivity index (χ3v) is 6.78. The van der Waals surface area contributed by atoms with E-state index in [0.717, 1.165) is 17.9 Å². The van der Waals surface area contributed by atoms with Crippen LogP contribution >= 0.6 is 0 Å². The second kappa shape index (κ2) is 7.00. The smallest absolute Gasteiger partial charge is 0.0124 e. The minimum Gasteiger partial charge on any atom is -0.319 e. The second-order valence-corrected chi connectivity index (χ2v) is 8.44. The van der Waals surface area contributed by atoms with Crippen LogP contribution in [0.1, 0.15) is 71.1 Å². The first-order valence-electron chi connectivity index (χ1n) is 9.61. The van der Waals surface area contributed by atoms with Crippen molar-refractivity contribution in [1.82, 2.24) is 10.2 Å². The fourth-order valence-corrected chi connectivity index (χ4v) is 5.50. The molecule has 0 bridgehead atoms. The predicted octanol–water partition coefficient (Wildman–Crippen LogP) is 4.06. The van der Waals surface area contributed by atoms with Crippen molar-refractivity contribution in [2.45, 2.75) is 77.2 Å². The number of likely N-dealkylation sites (tertiary alicyclic amines) is 1. The third kappa shape index (κ3) is 3.64. The van der Waals surface area contributed by atoms with Gasteiger partial charge < -0.3 is 5.32 Å². The minimum absolute atomic E-state index is 0.572. The van der Waals surface area contributed by atoms with Crippen molar-refractivity contribution in [3.05, 3.63) is 0 Å². The first-order valence-corrected chi connectivity index (χ1v) is 9.61. The number of hydrogen-bond donors (Lipinski definition) is 1. The molecule has 0 aromatic carbocycles. The quantitative estimate of drug-likeness (QED) is 0.822. The Hall–Kier alpha value is -0.0800. The lowest BCUT2D eigenvalue weighted by Crippen LogP contribution is -2.48. The van der Waals surface area contributed by atoms with Crippen LogP contribution in [0.25, 0.3) is 0 Å². The van der Waals surface area contributed by atoms with Gasteiger partial charge >= 0.3 is 0 Å². The van der Waals surface area contributed by atoms with Crippen LogP contribution in [0.4, 0.5) is 0 Å². The van der Waals surface area contributed by atoms with E-state index in [0.29, 0.717) is 5.41 Å². The highest BCUT2D eigenvalue weighted by atomic mass is 15.2. The third-order valence-electron chi connectivity index (χ3n) is 6.78. The average Bonchev–Trinajstić information content (AvgIpc) is 3.13. The van der Waals surface area contributed by atoms with Crippen molar-refractivity contribution in [1.29, 1.82) is 0 Å². The van der Waals surface area contributed by atoms with Crippen LogP contribution < -0.4 is 5.32 Å². The van der Waals surface area contributed by atoms with Crippen LogP contribution in [0, 0.1) is 17.3 Å². The Bertz CT molecular complexity index is 314. The van der Waals surface area contributed by atoms with Gasteiger partial charge in [-0.15, -0.1) is 0 Å². The first kappa shape index (κ1) is 15.8. The highest BCUT2D eigenvalue weighted by Crippen LogP contribution is 2.42. The minimum atomic E-state index is 0.572. The summed E-state index contributed by atoms with van der Waals surface area (Å²) in [5.41, 5.74) is 0.572. The number of nitrogens with one attached hydrogen (secondary N) is 1. The van der Waals surface area contributed by atoms with Crippen molar-refractivity contribution >= 4 is 0 Å². The molecule has 0 amide bonds. The van der Waals surface area contributed by atoms with Gasteiger partial charge in [0.1, 0.15) is 0 Å². The molecule has 122 valence electrons. The summed E-state index contributed by atoms with van der Waals surface area (Å²) in [7, 11) is 2.15. The summed E-state index contributed by atoms with van der Waals surface area (Å²) in [5, 5.41) is 3.52. The van der Waals surface area contributed by atoms with Crippen LogP contribution in [-0.4, -0.2) is 37.6 Å². The number of rotatable bonds is 5. The standard InChI is InChI=1S/C19H36N2/c1-16-9-11-19(12-10-16,14-20-2)15-21-13-5-8-18(21)17-6-3-4-7-17/h16-18,20H,3-15H2,1-2H3. The lowest BCUT2D eigenvalue weighted by Gasteiger charge is -2.44. The maximum Gasteiger partial charge on any atom is 0.0124 e. The Morgan fingerprint density at radius 2 is 1.71 bits per heavy atom. The van der Waals surface area contributed by atoms with Crippen molar-refractivity contribution in [2.24, 2.45) is 17.3 Å². The van der Waals surface area contributed by atoms with Gasteiger partial charge in [0.25, 0.3) is 0 Å². The summed E-state index contributed by atoms with van der Waals surface area (Å²) in [6, 6.07) is 0.931. The van der Waals surface area contributed by atoms with E-state index in [4.69, 9.17) is 0 Å². The molecule has 1 atom stereocenters. The van der Waals surface area contributed by atoms with Gasteiger partial charge in [0.15, 0.2) is 0 Å². The first-order chi connectivity index (χ1) is 10.2. The maximum atomic E-state index is 3.52. The zero-order chi connectivity index (χ0) is 14.7. The lowest BCUT2D eigenvalue weighted by atomic mass is 9.70. The van der Waals surface area contributed by atoms with Crippen LogP contribution in [0.15, 0.2) is 0 Å². The molecule has 0 spiro atoms. The molecule has 3 rings (SSSR count). The lowest BCUT2D eigenvalue weighted by molar-refractivity contribution is 0.0673. The largest absolute Gasteiger partial charge is 0.319 e. The summed E-state index contributed by atoms with van der Waals surface area (Å²) < 4.78 is 0. The number of nitrogens with zero attached hydrogens (tertiary/aromatic N) is 1. The van der Waals surface area contributed by atoms with Crippen molar-refractivity contribution in [3.63, 3.8) is 0 Å². The monoisotopic (exact) mass is 292 g/mol. The van der Waals surface area contributed by atoms with Crippen LogP contribution in [0.5, 0.6) is 0 Å². The molecule has 1 saturated heterocycles. The van der Waals surface area contributed by atoms with Gasteiger partial charge in [0, 0.05) is 19.1 Å². The van der Waals surface area contributed by atoms with E-state index in [1.54, 1.807) is 0 Å². The zero-order valence-corrected chi connectivity index (χ0v) is 14.4. The summed E-state index contributed by atoms with van der Waals surface area (Å²) >= 11 is 0. The van der Waals surface area contributed by atoms with Crippen molar-refractivity contribution < 1.29 is 0 Å². The van der Waals surface area contributed by atoms with Crippen LogP contribution in [0.2, 0.25) is 0 Å². The van der Waals surface area contributed by atoms with Gasteiger partial charge in [-0.25, -0.2) is 0 Å². The van der Waals surface area contributed by atoms with E-state index in [2.05, 4.69) is 24.2 Å². The summed E-state index contributed by atoms with van der Waals surface area (Å²) in [6.45, 7) is 6.43. The molecule has 0 aromatic heterocycles. The highest BCUT2D eigenvalue weighted by molar-refractivity contribution is 4.94. The molecule has 1 heterocycles. The van der Waals surface area contributed by atoms with Gasteiger partial charge in [-0.3, -0.25) is 4.90 Å². The predicted molar refractivity (Wildman–Crippen MR) is 90.5 cm³/mol. The molecule has 2 saturated carbocycles. The Labute approximate surface area is 132 Å². The van der Waals surface area contributed by atoms with Gasteiger partial charge in [0.2, 0.25) is 0 Å². The summed E-state index contributed by atoms with van der Waals surface area (Å²) in [5.74, 6) is 1.99. The van der Waals surface area contributed by atoms with Gasteiger partial charge in [0.05, 0.1) is 0 Å². The molecule has 0 aromatic rings. The van der Waals surface area contributed by atoms with E-state index < -0.39 is 0 Å². The van der Waals surface area contributed by atoms with Gasteiger partial charge in [-0.05, 0) is 69.4 Å². The Morgan fingerprint density at radius 3 is 2.38 bits per heavy atom. The van der Waals surface area contributed by atoms with Crippen LogP contribution in [0.3, 0.4) is 0 Å². The molecule has 1 aliphatic heterocycles. The molecule has 2 aliphatic carbocycles. The maximum absolute atomic E-state index is 3.52. The Kier molecular flexibility index (Phi) is 5.27. The second-order valence-electron chi connectivity index (χ2n) is 8.44. The molecule has 1 unspecified atom stereocenters. The van der Waals surface area contributed by atoms with E-state index in [1.165, 1.54) is 83.8 Å². The summed E-state index contributed by atoms with van der Waals surface area (Å²) in [6.07, 6.45) is 14.7. The van der Waals surface area contributed by atoms with Crippen molar-refractivity contribution in [2.75, 3.05) is 26.7 Å². The fraction of sp³-hybridized carbons (Fsp3) is 1.00. The molecule has 2 heteroatoms. The van der Waals surface area contributed by atoms with E-state index >= 15 is 0 Å². The molecular formula is C19H36N2. The van der Waals surface area contributed by atoms with Gasteiger partial charge in [-0.2, -0.15) is 0 Å². The summed E-state index contributed by atoms with van der Waals surface area (Å²) in [4.78, 5) is 2.92. The Balaban J connectivity index is 1.64. The molecule has 2 nitrogen and oxygen atoms in total. The van der Waals surface area contributed by atoms with E-state index in [-0.39, 0.29) is 0 Å².